The van der Waals surface area contributed by atoms with Crippen LogP contribution in [-0.4, -0.2) is 38.5 Å². The molecule has 0 fully saturated rings. The zero-order valence-electron chi connectivity index (χ0n) is 13.3. The van der Waals surface area contributed by atoms with Crippen LogP contribution in [0, 0.1) is 5.41 Å². The van der Waals surface area contributed by atoms with Gasteiger partial charge in [-0.25, -0.2) is 8.78 Å². The molecule has 1 atom stereocenters. The summed E-state index contributed by atoms with van der Waals surface area (Å²) in [7, 11) is 2.72. The molecule has 1 aromatic carbocycles. The molecule has 0 heterocycles. The number of esters is 1. The lowest BCUT2D eigenvalue weighted by molar-refractivity contribution is -0.164. The predicted octanol–water partition coefficient (Wildman–Crippen LogP) is 2.65. The van der Waals surface area contributed by atoms with E-state index >= 15 is 0 Å². The summed E-state index contributed by atoms with van der Waals surface area (Å²) in [5, 5.41) is 0. The van der Waals surface area contributed by atoms with Crippen LogP contribution in [0.25, 0.3) is 0 Å². The molecule has 0 amide bonds. The fourth-order valence-corrected chi connectivity index (χ4v) is 2.67. The zero-order valence-corrected chi connectivity index (χ0v) is 13.3. The molecule has 1 aromatic rings. The molecule has 0 spiro atoms. The molecule has 5 nitrogen and oxygen atoms in total. The molecule has 1 aliphatic rings. The fourth-order valence-electron chi connectivity index (χ4n) is 2.67. The molecule has 0 aromatic heterocycles. The maximum Gasteiger partial charge on any atom is 0.326 e. The predicted molar refractivity (Wildman–Crippen MR) is 77.2 cm³/mol. The summed E-state index contributed by atoms with van der Waals surface area (Å²) >= 11 is 0. The average Bonchev–Trinajstić information content (AvgIpc) is 2.79. The molecule has 0 radical (unpaired) electrons. The Morgan fingerprint density at radius 1 is 1.22 bits per heavy atom. The number of alkyl halides is 2. The van der Waals surface area contributed by atoms with Gasteiger partial charge in [0.25, 0.3) is 6.43 Å². The van der Waals surface area contributed by atoms with E-state index in [1.165, 1.54) is 40.2 Å². The van der Waals surface area contributed by atoms with Gasteiger partial charge in [-0.3, -0.25) is 9.59 Å². The van der Waals surface area contributed by atoms with Gasteiger partial charge in [0.2, 0.25) is 0 Å². The van der Waals surface area contributed by atoms with Crippen LogP contribution in [0.4, 0.5) is 8.78 Å². The molecule has 0 saturated heterocycles. The minimum Gasteiger partial charge on any atom is -0.497 e. The quantitative estimate of drug-likeness (QED) is 0.614. The van der Waals surface area contributed by atoms with Crippen LogP contribution in [-0.2, 0) is 16.0 Å². The summed E-state index contributed by atoms with van der Waals surface area (Å²) < 4.78 is 42.6. The van der Waals surface area contributed by atoms with E-state index < -0.39 is 36.1 Å². The van der Waals surface area contributed by atoms with Crippen LogP contribution in [0.3, 0.4) is 0 Å². The number of carbonyl (C=O) groups excluding carboxylic acids is 2. The summed E-state index contributed by atoms with van der Waals surface area (Å²) in [6, 6.07) is 2.88. The van der Waals surface area contributed by atoms with Crippen molar-refractivity contribution in [2.75, 3.05) is 14.2 Å². The highest BCUT2D eigenvalue weighted by atomic mass is 19.3. The second kappa shape index (κ2) is 6.14. The third-order valence-electron chi connectivity index (χ3n) is 3.79. The van der Waals surface area contributed by atoms with Gasteiger partial charge in [-0.05, 0) is 25.5 Å². The van der Waals surface area contributed by atoms with E-state index in [0.717, 1.165) is 0 Å². The second-order valence-corrected chi connectivity index (χ2v) is 5.60. The van der Waals surface area contributed by atoms with Gasteiger partial charge in [0.05, 0.1) is 25.9 Å². The third-order valence-corrected chi connectivity index (χ3v) is 3.79. The number of fused-ring (bicyclic) bond motifs is 1. The van der Waals surface area contributed by atoms with Crippen molar-refractivity contribution in [1.82, 2.24) is 0 Å². The molecule has 23 heavy (non-hydrogen) atoms. The number of methoxy groups -OCH3 is 2. The number of rotatable bonds is 5. The molecule has 0 bridgehead atoms. The summed E-state index contributed by atoms with van der Waals surface area (Å²) in [4.78, 5) is 24.9. The number of carbonyl (C=O) groups is 2. The highest BCUT2D eigenvalue weighted by Gasteiger charge is 2.60. The number of hydrogen-bond acceptors (Lipinski definition) is 5. The lowest BCUT2D eigenvalue weighted by atomic mass is 9.84. The Balaban J connectivity index is 2.58. The number of hydrogen-bond donors (Lipinski definition) is 0. The van der Waals surface area contributed by atoms with E-state index in [-0.39, 0.29) is 16.9 Å². The Morgan fingerprint density at radius 2 is 1.87 bits per heavy atom. The number of benzene rings is 1. The van der Waals surface area contributed by atoms with Gasteiger partial charge in [0.15, 0.2) is 11.2 Å². The first-order valence-corrected chi connectivity index (χ1v) is 7.06. The van der Waals surface area contributed by atoms with Crippen LogP contribution < -0.4 is 9.47 Å². The van der Waals surface area contributed by atoms with Crippen molar-refractivity contribution in [3.05, 3.63) is 23.3 Å². The lowest BCUT2D eigenvalue weighted by Crippen LogP contribution is -2.45. The number of halogens is 2. The van der Waals surface area contributed by atoms with Crippen LogP contribution in [0.2, 0.25) is 0 Å². The molecule has 0 saturated carbocycles. The molecule has 0 aliphatic heterocycles. The van der Waals surface area contributed by atoms with Crippen LogP contribution in [0.1, 0.15) is 29.8 Å². The summed E-state index contributed by atoms with van der Waals surface area (Å²) in [5.74, 6) is -1.74. The molecule has 2 rings (SSSR count). The minimum absolute atomic E-state index is 0.0192. The van der Waals surface area contributed by atoms with E-state index in [0.29, 0.717) is 5.75 Å². The zero-order chi connectivity index (χ0) is 17.4. The number of ether oxygens (including phenoxy) is 3. The molecule has 126 valence electrons. The maximum atomic E-state index is 13.7. The monoisotopic (exact) mass is 328 g/mol. The molecular weight excluding hydrogens is 310 g/mol. The molecule has 1 aliphatic carbocycles. The lowest BCUT2D eigenvalue weighted by Gasteiger charge is -2.25. The van der Waals surface area contributed by atoms with Gasteiger partial charge >= 0.3 is 5.97 Å². The minimum atomic E-state index is -3.19. The van der Waals surface area contributed by atoms with Crippen LogP contribution >= 0.6 is 0 Å². The van der Waals surface area contributed by atoms with E-state index in [1.807, 2.05) is 0 Å². The topological polar surface area (TPSA) is 61.8 Å². The summed E-state index contributed by atoms with van der Waals surface area (Å²) in [6.07, 6.45) is -4.24. The first-order valence-electron chi connectivity index (χ1n) is 7.06. The summed E-state index contributed by atoms with van der Waals surface area (Å²) in [6.45, 7) is 3.07. The van der Waals surface area contributed by atoms with E-state index in [2.05, 4.69) is 0 Å². The SMILES string of the molecule is COc1cc2c(c(OC)c1)C(=O)C(C(=O)OC(C)C)(C(F)F)C2. The van der Waals surface area contributed by atoms with Gasteiger partial charge in [-0.1, -0.05) is 0 Å². The van der Waals surface area contributed by atoms with Crippen molar-refractivity contribution in [1.29, 1.82) is 0 Å². The second-order valence-electron chi connectivity index (χ2n) is 5.60. The fraction of sp³-hybridized carbons (Fsp3) is 0.500. The van der Waals surface area contributed by atoms with Gasteiger partial charge in [0.1, 0.15) is 11.5 Å². The number of Topliss-reactive ketones (excluding diaryl/α,β-unsaturated/α-hetero) is 1. The Morgan fingerprint density at radius 3 is 2.35 bits per heavy atom. The van der Waals surface area contributed by atoms with Crippen molar-refractivity contribution in [2.24, 2.45) is 5.41 Å². The average molecular weight is 328 g/mol. The normalized spacial score (nSPS) is 19.9. The van der Waals surface area contributed by atoms with Crippen molar-refractivity contribution in [3.8, 4) is 11.5 Å². The Bertz CT molecular complexity index is 642. The van der Waals surface area contributed by atoms with Crippen molar-refractivity contribution < 1.29 is 32.6 Å². The smallest absolute Gasteiger partial charge is 0.326 e. The Kier molecular flexibility index (Phi) is 4.58. The van der Waals surface area contributed by atoms with Gasteiger partial charge in [0, 0.05) is 12.5 Å². The van der Waals surface area contributed by atoms with E-state index in [9.17, 15) is 18.4 Å². The third kappa shape index (κ3) is 2.64. The summed E-state index contributed by atoms with van der Waals surface area (Å²) in [5.41, 5.74) is -2.27. The van der Waals surface area contributed by atoms with Crippen LogP contribution in [0.5, 0.6) is 11.5 Å². The maximum absolute atomic E-state index is 13.7. The molecular formula is C16H18F2O5. The van der Waals surface area contributed by atoms with Gasteiger partial charge in [-0.2, -0.15) is 0 Å². The first-order chi connectivity index (χ1) is 10.8. The van der Waals surface area contributed by atoms with Crippen molar-refractivity contribution in [3.63, 3.8) is 0 Å². The first kappa shape index (κ1) is 17.2. The largest absolute Gasteiger partial charge is 0.497 e. The molecule has 7 heteroatoms. The van der Waals surface area contributed by atoms with Crippen LogP contribution in [0.15, 0.2) is 12.1 Å². The van der Waals surface area contributed by atoms with Gasteiger partial charge in [-0.15, -0.1) is 0 Å². The van der Waals surface area contributed by atoms with Gasteiger partial charge < -0.3 is 14.2 Å². The highest BCUT2D eigenvalue weighted by molar-refractivity contribution is 6.18. The molecule has 1 unspecified atom stereocenters. The Labute approximate surface area is 132 Å². The van der Waals surface area contributed by atoms with E-state index in [4.69, 9.17) is 14.2 Å². The Hall–Kier alpha value is -2.18. The standard InChI is InChI=1S/C16H18F2O5/c1-8(2)23-15(20)16(14(17)18)7-9-5-10(21-3)6-11(22-4)12(9)13(16)19/h5-6,8,14H,7H2,1-4H3. The molecule has 0 N–H and O–H groups in total. The van der Waals surface area contributed by atoms with E-state index in [1.54, 1.807) is 0 Å². The van der Waals surface area contributed by atoms with Crippen molar-refractivity contribution >= 4 is 11.8 Å². The number of ketones is 1. The van der Waals surface area contributed by atoms with Crippen molar-refractivity contribution in [2.45, 2.75) is 32.8 Å². The highest BCUT2D eigenvalue weighted by Crippen LogP contribution is 2.47.